The van der Waals surface area contributed by atoms with Gasteiger partial charge in [-0.1, -0.05) is 0 Å². The van der Waals surface area contributed by atoms with E-state index in [4.69, 9.17) is 0 Å². The Labute approximate surface area is 149 Å². The number of fused-ring (bicyclic) bond motifs is 1. The summed E-state index contributed by atoms with van der Waals surface area (Å²) < 4.78 is 38.7. The van der Waals surface area contributed by atoms with Gasteiger partial charge in [-0.3, -0.25) is 9.48 Å². The number of nitrogens with zero attached hydrogens (tertiary/aromatic N) is 4. The zero-order valence-electron chi connectivity index (χ0n) is 14.6. The van der Waals surface area contributed by atoms with E-state index in [-0.39, 0.29) is 18.5 Å². The molecule has 144 valence electrons. The van der Waals surface area contributed by atoms with Gasteiger partial charge in [0, 0.05) is 26.3 Å². The van der Waals surface area contributed by atoms with Gasteiger partial charge >= 0.3 is 12.2 Å². The van der Waals surface area contributed by atoms with Gasteiger partial charge in [-0.05, 0) is 31.2 Å². The van der Waals surface area contributed by atoms with Gasteiger partial charge in [0.15, 0.2) is 0 Å². The number of urea groups is 1. The van der Waals surface area contributed by atoms with Crippen LogP contribution in [0.5, 0.6) is 0 Å². The molecule has 2 aliphatic rings. The molecule has 1 N–H and O–H groups in total. The molecule has 3 rings (SSSR count). The van der Waals surface area contributed by atoms with Crippen molar-refractivity contribution in [1.29, 1.82) is 0 Å². The Morgan fingerprint density at radius 1 is 1.35 bits per heavy atom. The first-order valence-electron chi connectivity index (χ1n) is 8.65. The number of carbonyl (C=O) groups is 2. The van der Waals surface area contributed by atoms with Gasteiger partial charge < -0.3 is 15.1 Å². The van der Waals surface area contributed by atoms with E-state index in [9.17, 15) is 22.8 Å². The second kappa shape index (κ2) is 7.16. The maximum Gasteiger partial charge on any atom is 0.408 e. The molecule has 3 amide bonds. The number of halogens is 3. The fourth-order valence-electron chi connectivity index (χ4n) is 3.40. The lowest BCUT2D eigenvalue weighted by Gasteiger charge is -2.26. The molecule has 0 spiro atoms. The SMILES string of the molecule is CN1CCCN(C(=O)NC2CCCc3cn(CC(F)(F)F)nc32)CC1=O. The number of hydrogen-bond acceptors (Lipinski definition) is 3. The van der Waals surface area contributed by atoms with Crippen LogP contribution >= 0.6 is 0 Å². The summed E-state index contributed by atoms with van der Waals surface area (Å²) in [4.78, 5) is 27.5. The first kappa shape index (κ1) is 18.5. The zero-order valence-corrected chi connectivity index (χ0v) is 14.6. The van der Waals surface area contributed by atoms with Crippen LogP contribution in [0.25, 0.3) is 0 Å². The molecule has 1 aromatic rings. The lowest BCUT2D eigenvalue weighted by atomic mass is 9.94. The topological polar surface area (TPSA) is 70.5 Å². The van der Waals surface area contributed by atoms with Crippen LogP contribution in [0.3, 0.4) is 0 Å². The molecule has 1 aromatic heterocycles. The van der Waals surface area contributed by atoms with Crippen LogP contribution in [0.15, 0.2) is 6.20 Å². The molecule has 0 aromatic carbocycles. The molecule has 10 heteroatoms. The van der Waals surface area contributed by atoms with Crippen molar-refractivity contribution in [2.45, 2.75) is 44.4 Å². The van der Waals surface area contributed by atoms with E-state index in [0.717, 1.165) is 16.7 Å². The summed E-state index contributed by atoms with van der Waals surface area (Å²) >= 11 is 0. The third-order valence-corrected chi connectivity index (χ3v) is 4.74. The summed E-state index contributed by atoms with van der Waals surface area (Å²) in [6, 6.07) is -0.811. The van der Waals surface area contributed by atoms with Crippen LogP contribution in [-0.4, -0.2) is 64.4 Å². The summed E-state index contributed by atoms with van der Waals surface area (Å²) in [7, 11) is 1.70. The highest BCUT2D eigenvalue weighted by Crippen LogP contribution is 2.29. The van der Waals surface area contributed by atoms with Crippen LogP contribution in [0.4, 0.5) is 18.0 Å². The second-order valence-corrected chi connectivity index (χ2v) is 6.84. The van der Waals surface area contributed by atoms with Gasteiger partial charge in [-0.2, -0.15) is 18.3 Å². The predicted molar refractivity (Wildman–Crippen MR) is 86.3 cm³/mol. The highest BCUT2D eigenvalue weighted by Gasteiger charge is 2.32. The van der Waals surface area contributed by atoms with Crippen LogP contribution in [0.2, 0.25) is 0 Å². The molecule has 1 aliphatic carbocycles. The molecule has 1 aliphatic heterocycles. The van der Waals surface area contributed by atoms with Gasteiger partial charge in [0.05, 0.1) is 11.7 Å². The van der Waals surface area contributed by atoms with E-state index in [0.29, 0.717) is 38.0 Å². The summed E-state index contributed by atoms with van der Waals surface area (Å²) in [5, 5.41) is 6.89. The van der Waals surface area contributed by atoms with Crippen molar-refractivity contribution in [2.24, 2.45) is 0 Å². The van der Waals surface area contributed by atoms with Crippen LogP contribution < -0.4 is 5.32 Å². The number of likely N-dealkylation sites (N-methyl/N-ethyl adjacent to an activating group) is 1. The Morgan fingerprint density at radius 2 is 2.12 bits per heavy atom. The monoisotopic (exact) mass is 373 g/mol. The highest BCUT2D eigenvalue weighted by molar-refractivity contribution is 5.84. The van der Waals surface area contributed by atoms with Gasteiger partial charge in [0.1, 0.15) is 13.1 Å². The van der Waals surface area contributed by atoms with Crippen molar-refractivity contribution in [3.63, 3.8) is 0 Å². The van der Waals surface area contributed by atoms with E-state index >= 15 is 0 Å². The number of amides is 3. The molecule has 0 saturated carbocycles. The molecular weight excluding hydrogens is 351 g/mol. The van der Waals surface area contributed by atoms with E-state index in [1.807, 2.05) is 0 Å². The first-order chi connectivity index (χ1) is 12.2. The average Bonchev–Trinajstić information content (AvgIpc) is 2.86. The molecule has 26 heavy (non-hydrogen) atoms. The Morgan fingerprint density at radius 3 is 2.85 bits per heavy atom. The maximum absolute atomic E-state index is 12.6. The standard InChI is InChI=1S/C16H22F3N5O2/c1-22-6-3-7-23(9-13(22)25)15(26)20-12-5-2-4-11-8-24(21-14(11)12)10-16(17,18)19/h8,12H,2-7,9-10H2,1H3,(H,20,26). The Hall–Kier alpha value is -2.26. The molecule has 1 saturated heterocycles. The minimum atomic E-state index is -4.34. The van der Waals surface area contributed by atoms with E-state index in [1.54, 1.807) is 11.9 Å². The largest absolute Gasteiger partial charge is 0.408 e. The molecule has 0 bridgehead atoms. The van der Waals surface area contributed by atoms with Gasteiger partial charge in [0.25, 0.3) is 0 Å². The summed E-state index contributed by atoms with van der Waals surface area (Å²) in [6.07, 6.45) is -0.226. The van der Waals surface area contributed by atoms with Gasteiger partial charge in [0.2, 0.25) is 5.91 Å². The maximum atomic E-state index is 12.6. The normalized spacial score (nSPS) is 21.4. The zero-order chi connectivity index (χ0) is 18.9. The summed E-state index contributed by atoms with van der Waals surface area (Å²) in [5.74, 6) is -0.128. The van der Waals surface area contributed by atoms with Crippen molar-refractivity contribution in [3.8, 4) is 0 Å². The van der Waals surface area contributed by atoms with E-state index in [2.05, 4.69) is 10.4 Å². The average molecular weight is 373 g/mol. The fourth-order valence-corrected chi connectivity index (χ4v) is 3.40. The Kier molecular flexibility index (Phi) is 5.10. The minimum absolute atomic E-state index is 0.00439. The number of hydrogen-bond donors (Lipinski definition) is 1. The predicted octanol–water partition coefficient (Wildman–Crippen LogP) is 1.70. The number of carbonyl (C=O) groups excluding carboxylic acids is 2. The number of alkyl halides is 3. The number of aromatic nitrogens is 2. The third kappa shape index (κ3) is 4.28. The minimum Gasteiger partial charge on any atom is -0.344 e. The third-order valence-electron chi connectivity index (χ3n) is 4.74. The lowest BCUT2D eigenvalue weighted by Crippen LogP contribution is -2.45. The summed E-state index contributed by atoms with van der Waals surface area (Å²) in [6.45, 7) is -0.0832. The summed E-state index contributed by atoms with van der Waals surface area (Å²) in [5.41, 5.74) is 1.23. The van der Waals surface area contributed by atoms with Crippen LogP contribution in [0.1, 0.15) is 36.6 Å². The van der Waals surface area contributed by atoms with Crippen molar-refractivity contribution >= 4 is 11.9 Å². The van der Waals surface area contributed by atoms with Crippen molar-refractivity contribution in [1.82, 2.24) is 24.9 Å². The molecule has 7 nitrogen and oxygen atoms in total. The highest BCUT2D eigenvalue weighted by atomic mass is 19.4. The molecule has 2 heterocycles. The van der Waals surface area contributed by atoms with Gasteiger partial charge in [-0.25, -0.2) is 4.79 Å². The Bertz CT molecular complexity index is 688. The molecule has 1 unspecified atom stereocenters. The van der Waals surface area contributed by atoms with E-state index in [1.165, 1.54) is 11.1 Å². The molecule has 1 atom stereocenters. The first-order valence-corrected chi connectivity index (χ1v) is 8.65. The lowest BCUT2D eigenvalue weighted by molar-refractivity contribution is -0.142. The number of rotatable bonds is 2. The molecular formula is C16H22F3N5O2. The Balaban J connectivity index is 1.69. The van der Waals surface area contributed by atoms with Crippen molar-refractivity contribution in [3.05, 3.63) is 17.5 Å². The number of aryl methyl sites for hydroxylation is 1. The second-order valence-electron chi connectivity index (χ2n) is 6.84. The molecule has 0 radical (unpaired) electrons. The van der Waals surface area contributed by atoms with Crippen LogP contribution in [-0.2, 0) is 17.8 Å². The van der Waals surface area contributed by atoms with Crippen molar-refractivity contribution in [2.75, 3.05) is 26.7 Å². The smallest absolute Gasteiger partial charge is 0.344 e. The molecule has 1 fully saturated rings. The quantitative estimate of drug-likeness (QED) is 0.858. The number of nitrogens with one attached hydrogen (secondary N) is 1. The van der Waals surface area contributed by atoms with E-state index < -0.39 is 18.8 Å². The van der Waals surface area contributed by atoms with Gasteiger partial charge in [-0.15, -0.1) is 0 Å². The van der Waals surface area contributed by atoms with Crippen molar-refractivity contribution < 1.29 is 22.8 Å². The van der Waals surface area contributed by atoms with Crippen LogP contribution in [0, 0.1) is 0 Å². The fraction of sp³-hybridized carbons (Fsp3) is 0.688.